The Morgan fingerprint density at radius 2 is 1.57 bits per heavy atom. The molecule has 0 saturated carbocycles. The molecule has 0 aliphatic heterocycles. The molecule has 112 valence electrons. The van der Waals surface area contributed by atoms with Crippen LogP contribution >= 0.6 is 0 Å². The summed E-state index contributed by atoms with van der Waals surface area (Å²) in [4.78, 5) is 1.75. The van der Waals surface area contributed by atoms with Gasteiger partial charge < -0.3 is 5.11 Å². The lowest BCUT2D eigenvalue weighted by atomic mass is 10.2. The van der Waals surface area contributed by atoms with E-state index < -0.39 is 0 Å². The Labute approximate surface area is 133 Å². The number of aryl methyl sites for hydroxylation is 1. The molecule has 0 aliphatic carbocycles. The molecule has 4 rings (SSSR count). The zero-order valence-corrected chi connectivity index (χ0v) is 12.7. The van der Waals surface area contributed by atoms with Crippen molar-refractivity contribution in [1.29, 1.82) is 0 Å². The van der Waals surface area contributed by atoms with Gasteiger partial charge in [-0.25, -0.2) is 0 Å². The molecule has 1 N–H and O–H groups in total. The molecule has 0 spiro atoms. The van der Waals surface area contributed by atoms with Crippen molar-refractivity contribution in [2.45, 2.75) is 6.92 Å². The smallest absolute Gasteiger partial charge is 0.250 e. The fourth-order valence-corrected chi connectivity index (χ4v) is 2.80. The molecule has 4 aromatic rings. The number of aromatic hydroxyl groups is 1. The maximum Gasteiger partial charge on any atom is 0.250 e. The summed E-state index contributed by atoms with van der Waals surface area (Å²) < 4.78 is 2.03. The van der Waals surface area contributed by atoms with Crippen molar-refractivity contribution in [3.63, 3.8) is 0 Å². The van der Waals surface area contributed by atoms with Gasteiger partial charge in [0, 0.05) is 0 Å². The number of hydrogen-bond acceptors (Lipinski definition) is 2. The minimum absolute atomic E-state index is 0.197. The van der Waals surface area contributed by atoms with Gasteiger partial charge in [0.1, 0.15) is 5.75 Å². The summed E-state index contributed by atoms with van der Waals surface area (Å²) in [5, 5.41) is 14.9. The van der Waals surface area contributed by atoms with Gasteiger partial charge >= 0.3 is 0 Å². The molecule has 0 bridgehead atoms. The summed E-state index contributed by atoms with van der Waals surface area (Å²) in [7, 11) is 0. The quantitative estimate of drug-likeness (QED) is 0.577. The number of hydrogen-bond donors (Lipinski definition) is 1. The average Bonchev–Trinajstić information content (AvgIpc) is 2.95. The van der Waals surface area contributed by atoms with E-state index in [2.05, 4.69) is 24.2 Å². The lowest BCUT2D eigenvalue weighted by Gasteiger charge is -2.06. The molecule has 0 radical (unpaired) electrons. The summed E-state index contributed by atoms with van der Waals surface area (Å²) in [5.74, 6) is 0.197. The molecule has 4 nitrogen and oxygen atoms in total. The number of rotatable bonds is 2. The van der Waals surface area contributed by atoms with Crippen LogP contribution in [0.5, 0.6) is 5.75 Å². The topological polar surface area (TPSA) is 41.9 Å². The Morgan fingerprint density at radius 1 is 0.870 bits per heavy atom. The summed E-state index contributed by atoms with van der Waals surface area (Å²) >= 11 is 0. The highest BCUT2D eigenvalue weighted by Gasteiger charge is 2.24. The zero-order valence-electron chi connectivity index (χ0n) is 12.7. The van der Waals surface area contributed by atoms with Gasteiger partial charge in [0.15, 0.2) is 11.4 Å². The van der Waals surface area contributed by atoms with Crippen molar-refractivity contribution in [3.8, 4) is 17.1 Å². The number of fused-ring (bicyclic) bond motifs is 1. The highest BCUT2D eigenvalue weighted by molar-refractivity contribution is 5.71. The normalized spacial score (nSPS) is 11.0. The van der Waals surface area contributed by atoms with Gasteiger partial charge in [-0.2, -0.15) is 0 Å². The number of phenols is 1. The Balaban J connectivity index is 2.12. The largest absolute Gasteiger partial charge is 0.505 e. The number of benzene rings is 3. The highest BCUT2D eigenvalue weighted by atomic mass is 16.3. The molecule has 0 fully saturated rings. The maximum absolute atomic E-state index is 10.3. The van der Waals surface area contributed by atoms with Crippen LogP contribution < -0.4 is 4.68 Å². The molecule has 4 heteroatoms. The molecule has 0 aliphatic rings. The van der Waals surface area contributed by atoms with Crippen LogP contribution in [0.3, 0.4) is 0 Å². The second-order valence-electron chi connectivity index (χ2n) is 5.47. The molecule has 1 aromatic heterocycles. The van der Waals surface area contributed by atoms with E-state index in [0.29, 0.717) is 5.69 Å². The SMILES string of the molecule is Cc1ccccc1-[n+]1c2ccccc2nn1-c1ccccc1O. The van der Waals surface area contributed by atoms with Crippen LogP contribution in [-0.4, -0.2) is 15.0 Å². The van der Waals surface area contributed by atoms with Crippen LogP contribution in [0.15, 0.2) is 72.8 Å². The molecule has 0 saturated heterocycles. The fourth-order valence-electron chi connectivity index (χ4n) is 2.80. The summed E-state index contributed by atoms with van der Waals surface area (Å²) in [6, 6.07) is 23.3. The van der Waals surface area contributed by atoms with Crippen molar-refractivity contribution >= 4 is 11.0 Å². The van der Waals surface area contributed by atoms with Gasteiger partial charge in [0.25, 0.3) is 0 Å². The Hall–Kier alpha value is -3.14. The lowest BCUT2D eigenvalue weighted by molar-refractivity contribution is -0.655. The first-order chi connectivity index (χ1) is 11.3. The van der Waals surface area contributed by atoms with Crippen LogP contribution in [0.1, 0.15) is 5.56 Å². The van der Waals surface area contributed by atoms with Gasteiger partial charge in [-0.1, -0.05) is 42.5 Å². The second kappa shape index (κ2) is 5.25. The van der Waals surface area contributed by atoms with Crippen LogP contribution in [0.25, 0.3) is 22.4 Å². The van der Waals surface area contributed by atoms with Crippen LogP contribution in [-0.2, 0) is 0 Å². The molecule has 0 amide bonds. The molecule has 3 aromatic carbocycles. The van der Waals surface area contributed by atoms with Crippen molar-refractivity contribution in [2.75, 3.05) is 0 Å². The lowest BCUT2D eigenvalue weighted by Crippen LogP contribution is -2.41. The first kappa shape index (κ1) is 13.5. The highest BCUT2D eigenvalue weighted by Crippen LogP contribution is 2.21. The van der Waals surface area contributed by atoms with Gasteiger partial charge in [0.05, 0.1) is 5.10 Å². The van der Waals surface area contributed by atoms with Crippen molar-refractivity contribution in [2.24, 2.45) is 0 Å². The number of phenolic OH excluding ortho intramolecular Hbond substituents is 1. The first-order valence-corrected chi connectivity index (χ1v) is 7.50. The third kappa shape index (κ3) is 2.16. The average molecular weight is 302 g/mol. The Morgan fingerprint density at radius 3 is 2.39 bits per heavy atom. The minimum atomic E-state index is 0.197. The van der Waals surface area contributed by atoms with Gasteiger partial charge in [0.2, 0.25) is 11.0 Å². The fraction of sp³-hybridized carbons (Fsp3) is 0.0526. The first-order valence-electron chi connectivity index (χ1n) is 7.50. The standard InChI is InChI=1S/C19H15N3O/c1-14-8-2-4-10-16(14)21-17-11-5-3-9-15(17)20-22(21)18-12-6-7-13-19(18)23/h2-13H,1H3/p+1. The Bertz CT molecular complexity index is 1000. The third-order valence-corrected chi connectivity index (χ3v) is 3.94. The molecule has 0 unspecified atom stereocenters. The van der Waals surface area contributed by atoms with E-state index in [1.807, 2.05) is 53.2 Å². The number of nitrogens with zero attached hydrogens (tertiary/aromatic N) is 3. The van der Waals surface area contributed by atoms with Crippen LogP contribution in [0.2, 0.25) is 0 Å². The molecular weight excluding hydrogens is 286 g/mol. The monoisotopic (exact) mass is 302 g/mol. The van der Waals surface area contributed by atoms with Crippen molar-refractivity contribution < 1.29 is 9.79 Å². The predicted octanol–water partition coefficient (Wildman–Crippen LogP) is 3.32. The number of aromatic nitrogens is 3. The molecule has 23 heavy (non-hydrogen) atoms. The number of para-hydroxylation sites is 4. The van der Waals surface area contributed by atoms with E-state index in [1.165, 1.54) is 0 Å². The van der Waals surface area contributed by atoms with E-state index in [4.69, 9.17) is 0 Å². The third-order valence-electron chi connectivity index (χ3n) is 3.94. The van der Waals surface area contributed by atoms with Gasteiger partial charge in [-0.15, -0.1) is 4.68 Å². The van der Waals surface area contributed by atoms with E-state index in [0.717, 1.165) is 22.3 Å². The van der Waals surface area contributed by atoms with E-state index >= 15 is 0 Å². The Kier molecular flexibility index (Phi) is 3.08. The van der Waals surface area contributed by atoms with Crippen LogP contribution in [0.4, 0.5) is 0 Å². The second-order valence-corrected chi connectivity index (χ2v) is 5.47. The van der Waals surface area contributed by atoms with Gasteiger partial charge in [-0.05, 0) is 47.6 Å². The molecule has 0 atom stereocenters. The van der Waals surface area contributed by atoms with Gasteiger partial charge in [-0.3, -0.25) is 0 Å². The van der Waals surface area contributed by atoms with E-state index in [1.54, 1.807) is 16.9 Å². The van der Waals surface area contributed by atoms with E-state index in [9.17, 15) is 5.11 Å². The molecule has 1 heterocycles. The maximum atomic E-state index is 10.3. The zero-order chi connectivity index (χ0) is 15.8. The summed E-state index contributed by atoms with van der Waals surface area (Å²) in [5.41, 5.74) is 4.68. The minimum Gasteiger partial charge on any atom is -0.505 e. The summed E-state index contributed by atoms with van der Waals surface area (Å²) in [6.45, 7) is 2.07. The predicted molar refractivity (Wildman–Crippen MR) is 89.0 cm³/mol. The van der Waals surface area contributed by atoms with Crippen molar-refractivity contribution in [3.05, 3.63) is 78.4 Å². The molecular formula is C19H16N3O+. The van der Waals surface area contributed by atoms with Crippen molar-refractivity contribution in [1.82, 2.24) is 9.90 Å². The summed E-state index contributed by atoms with van der Waals surface area (Å²) in [6.07, 6.45) is 0. The van der Waals surface area contributed by atoms with E-state index in [-0.39, 0.29) is 5.75 Å². The van der Waals surface area contributed by atoms with Crippen LogP contribution in [0, 0.1) is 6.92 Å².